The second kappa shape index (κ2) is 10.1. The predicted octanol–water partition coefficient (Wildman–Crippen LogP) is 6.90. The van der Waals surface area contributed by atoms with Gasteiger partial charge in [-0.1, -0.05) is 46.3 Å². The summed E-state index contributed by atoms with van der Waals surface area (Å²) in [5, 5.41) is 6.68. The highest BCUT2D eigenvalue weighted by atomic mass is 79.9. The summed E-state index contributed by atoms with van der Waals surface area (Å²) >= 11 is 3.49. The van der Waals surface area contributed by atoms with Crippen molar-refractivity contribution < 1.29 is 14.3 Å². The van der Waals surface area contributed by atoms with E-state index in [1.54, 1.807) is 19.2 Å². The van der Waals surface area contributed by atoms with Gasteiger partial charge in [-0.2, -0.15) is 5.10 Å². The first kappa shape index (κ1) is 23.4. The number of benzene rings is 3. The van der Waals surface area contributed by atoms with Crippen molar-refractivity contribution in [3.05, 3.63) is 99.5 Å². The van der Waals surface area contributed by atoms with Crippen LogP contribution in [0.3, 0.4) is 0 Å². The molecule has 5 rings (SSSR count). The van der Waals surface area contributed by atoms with E-state index in [9.17, 15) is 4.79 Å². The van der Waals surface area contributed by atoms with Crippen molar-refractivity contribution in [3.63, 3.8) is 0 Å². The third kappa shape index (κ3) is 4.76. The van der Waals surface area contributed by atoms with Crippen LogP contribution in [0.1, 0.15) is 46.8 Å². The largest absolute Gasteiger partial charge is 0.497 e. The van der Waals surface area contributed by atoms with Gasteiger partial charge < -0.3 is 9.47 Å². The van der Waals surface area contributed by atoms with Gasteiger partial charge in [0.2, 0.25) is 0 Å². The normalized spacial score (nSPS) is 20.4. The summed E-state index contributed by atoms with van der Waals surface area (Å²) in [6.07, 6.45) is 5.17. The molecule has 0 saturated heterocycles. The lowest BCUT2D eigenvalue weighted by molar-refractivity contribution is 0.0680. The highest BCUT2D eigenvalue weighted by Crippen LogP contribution is 2.45. The molecule has 1 aliphatic carbocycles. The highest BCUT2D eigenvalue weighted by molar-refractivity contribution is 9.10. The van der Waals surface area contributed by atoms with Crippen LogP contribution < -0.4 is 9.47 Å². The fourth-order valence-electron chi connectivity index (χ4n) is 4.96. The molecule has 2 aliphatic rings. The third-order valence-electron chi connectivity index (χ3n) is 6.70. The summed E-state index contributed by atoms with van der Waals surface area (Å²) < 4.78 is 11.5. The molecule has 0 spiro atoms. The smallest absolute Gasteiger partial charge is 0.274 e. The van der Waals surface area contributed by atoms with Gasteiger partial charge in [-0.05, 0) is 84.5 Å². The Hall–Kier alpha value is -3.38. The number of amides is 1. The average molecular weight is 531 g/mol. The maximum absolute atomic E-state index is 13.7. The van der Waals surface area contributed by atoms with Crippen LogP contribution in [-0.2, 0) is 0 Å². The Morgan fingerprint density at radius 2 is 1.69 bits per heavy atom. The molecule has 3 aromatic carbocycles. The molecule has 2 atom stereocenters. The van der Waals surface area contributed by atoms with Crippen molar-refractivity contribution in [1.29, 1.82) is 0 Å². The second-order valence-corrected chi connectivity index (χ2v) is 9.72. The number of nitrogens with zero attached hydrogens (tertiary/aromatic N) is 2. The maximum Gasteiger partial charge on any atom is 0.274 e. The zero-order chi connectivity index (χ0) is 24.4. The number of allylic oxidation sites excluding steroid dienone is 1. The molecule has 178 valence electrons. The predicted molar refractivity (Wildman–Crippen MR) is 142 cm³/mol. The summed E-state index contributed by atoms with van der Waals surface area (Å²) in [6.45, 7) is 0. The van der Waals surface area contributed by atoms with Crippen molar-refractivity contribution in [3.8, 4) is 11.5 Å². The molecule has 1 fully saturated rings. The standard InChI is InChI=1S/C29H27BrN2O3/c1-34-24-13-9-19(10-14-24)17-21-5-4-8-26-27(21)31-32(29(33)22-6-3-7-23(30)18-22)28(26)20-11-15-25(35-2)16-12-20/h3,6-7,9-18,26,28H,4-5,8H2,1-2H3/b21-17+/t26-,28-/m0/s1. The van der Waals surface area contributed by atoms with E-state index in [1.807, 2.05) is 60.7 Å². The number of hydrogen-bond acceptors (Lipinski definition) is 4. The molecule has 0 radical (unpaired) electrons. The zero-order valence-corrected chi connectivity index (χ0v) is 21.4. The molecule has 0 unspecified atom stereocenters. The summed E-state index contributed by atoms with van der Waals surface area (Å²) in [5.41, 5.74) is 4.97. The van der Waals surface area contributed by atoms with E-state index in [2.05, 4.69) is 34.1 Å². The lowest BCUT2D eigenvalue weighted by Crippen LogP contribution is -2.31. The molecule has 1 saturated carbocycles. The molecule has 6 heteroatoms. The van der Waals surface area contributed by atoms with Gasteiger partial charge >= 0.3 is 0 Å². The average Bonchev–Trinajstić information content (AvgIpc) is 3.29. The van der Waals surface area contributed by atoms with Crippen molar-refractivity contribution in [2.75, 3.05) is 14.2 Å². The van der Waals surface area contributed by atoms with E-state index < -0.39 is 0 Å². The van der Waals surface area contributed by atoms with Crippen LogP contribution in [0.25, 0.3) is 6.08 Å². The fourth-order valence-corrected chi connectivity index (χ4v) is 5.36. The fraction of sp³-hybridized carbons (Fsp3) is 0.241. The van der Waals surface area contributed by atoms with Crippen molar-refractivity contribution in [2.45, 2.75) is 25.3 Å². The summed E-state index contributed by atoms with van der Waals surface area (Å²) in [5.74, 6) is 1.66. The first-order valence-electron chi connectivity index (χ1n) is 11.7. The van der Waals surface area contributed by atoms with Crippen LogP contribution in [0.5, 0.6) is 11.5 Å². The van der Waals surface area contributed by atoms with Crippen LogP contribution in [0.2, 0.25) is 0 Å². The topological polar surface area (TPSA) is 51.1 Å². The number of hydrazone groups is 1. The Bertz CT molecular complexity index is 1280. The van der Waals surface area contributed by atoms with Crippen LogP contribution in [0.15, 0.2) is 87.9 Å². The number of halogens is 1. The Balaban J connectivity index is 1.56. The summed E-state index contributed by atoms with van der Waals surface area (Å²) in [4.78, 5) is 13.7. The van der Waals surface area contributed by atoms with Gasteiger partial charge in [0.15, 0.2) is 0 Å². The van der Waals surface area contributed by atoms with Gasteiger partial charge in [0.1, 0.15) is 11.5 Å². The molecule has 35 heavy (non-hydrogen) atoms. The molecule has 1 heterocycles. The van der Waals surface area contributed by atoms with E-state index in [-0.39, 0.29) is 17.9 Å². The third-order valence-corrected chi connectivity index (χ3v) is 7.19. The highest BCUT2D eigenvalue weighted by Gasteiger charge is 2.44. The van der Waals surface area contributed by atoms with E-state index >= 15 is 0 Å². The van der Waals surface area contributed by atoms with Crippen LogP contribution in [-0.4, -0.2) is 30.8 Å². The van der Waals surface area contributed by atoms with Crippen molar-refractivity contribution >= 4 is 33.6 Å². The van der Waals surface area contributed by atoms with Gasteiger partial charge in [0.05, 0.1) is 26.0 Å². The minimum atomic E-state index is -0.165. The molecule has 5 nitrogen and oxygen atoms in total. The number of rotatable bonds is 5. The second-order valence-electron chi connectivity index (χ2n) is 8.80. The first-order valence-corrected chi connectivity index (χ1v) is 12.5. The Morgan fingerprint density at radius 3 is 2.34 bits per heavy atom. The van der Waals surface area contributed by atoms with Gasteiger partial charge in [0.25, 0.3) is 5.91 Å². The molecular formula is C29H27BrN2O3. The maximum atomic E-state index is 13.7. The molecule has 0 aromatic heterocycles. The minimum Gasteiger partial charge on any atom is -0.497 e. The Labute approximate surface area is 214 Å². The van der Waals surface area contributed by atoms with Crippen molar-refractivity contribution in [2.24, 2.45) is 11.0 Å². The van der Waals surface area contributed by atoms with Crippen LogP contribution in [0, 0.1) is 5.92 Å². The zero-order valence-electron chi connectivity index (χ0n) is 19.8. The van der Waals surface area contributed by atoms with E-state index in [1.165, 1.54) is 5.57 Å². The number of hydrogen-bond donors (Lipinski definition) is 0. The van der Waals surface area contributed by atoms with Gasteiger partial charge in [-0.25, -0.2) is 5.01 Å². The number of fused-ring (bicyclic) bond motifs is 1. The minimum absolute atomic E-state index is 0.0992. The number of methoxy groups -OCH3 is 2. The number of carbonyl (C=O) groups excluding carboxylic acids is 1. The first-order chi connectivity index (χ1) is 17.1. The Kier molecular flexibility index (Phi) is 6.73. The number of ether oxygens (including phenoxy) is 2. The molecular weight excluding hydrogens is 504 g/mol. The van der Waals surface area contributed by atoms with Gasteiger partial charge in [0, 0.05) is 16.0 Å². The molecule has 3 aromatic rings. The molecule has 1 aliphatic heterocycles. The summed E-state index contributed by atoms with van der Waals surface area (Å²) in [6, 6.07) is 23.4. The number of carbonyl (C=O) groups is 1. The molecule has 1 amide bonds. The quantitative estimate of drug-likeness (QED) is 0.360. The van der Waals surface area contributed by atoms with Crippen molar-refractivity contribution in [1.82, 2.24) is 5.01 Å². The van der Waals surface area contributed by atoms with Gasteiger partial charge in [-0.15, -0.1) is 0 Å². The monoisotopic (exact) mass is 530 g/mol. The van der Waals surface area contributed by atoms with Gasteiger partial charge in [-0.3, -0.25) is 4.79 Å². The van der Waals surface area contributed by atoms with E-state index in [4.69, 9.17) is 14.6 Å². The van der Waals surface area contributed by atoms with Crippen LogP contribution >= 0.6 is 15.9 Å². The molecule has 0 bridgehead atoms. The van der Waals surface area contributed by atoms with E-state index in [0.29, 0.717) is 5.56 Å². The van der Waals surface area contributed by atoms with E-state index in [0.717, 1.165) is 52.1 Å². The lowest BCUT2D eigenvalue weighted by Gasteiger charge is -2.29. The Morgan fingerprint density at radius 1 is 1.00 bits per heavy atom. The van der Waals surface area contributed by atoms with Crippen LogP contribution in [0.4, 0.5) is 0 Å². The summed E-state index contributed by atoms with van der Waals surface area (Å²) in [7, 11) is 3.33. The molecule has 0 N–H and O–H groups in total. The lowest BCUT2D eigenvalue weighted by atomic mass is 9.77. The SMILES string of the molecule is COc1ccc(/C=C2\CCC[C@H]3C2=NN(C(=O)c2cccc(Br)c2)[C@H]3c2ccc(OC)cc2)cc1.